The summed E-state index contributed by atoms with van der Waals surface area (Å²) in [7, 11) is 0. The highest BCUT2D eigenvalue weighted by molar-refractivity contribution is 5.82. The third-order valence-electron chi connectivity index (χ3n) is 21.8. The molecule has 7 fully saturated rings. The molecule has 378 valence electrons. The molecular weight excluding hydrogens is 877 g/mol. The van der Waals surface area contributed by atoms with E-state index in [1.54, 1.807) is 12.5 Å². The second-order valence-electron chi connectivity index (χ2n) is 24.2. The summed E-state index contributed by atoms with van der Waals surface area (Å²) in [6.45, 7) is 7.45. The number of allylic oxidation sites excluding steroid dienone is 4. The minimum absolute atomic E-state index is 0.0257. The van der Waals surface area contributed by atoms with Crippen molar-refractivity contribution in [3.05, 3.63) is 41.5 Å². The Morgan fingerprint density at radius 2 is 1.74 bits per heavy atom. The maximum Gasteiger partial charge on any atom is 0.310 e. The molecule has 68 heavy (non-hydrogen) atoms. The molecule has 1 amide bonds. The van der Waals surface area contributed by atoms with E-state index in [0.717, 1.165) is 18.5 Å². The molecule has 9 aliphatic rings. The number of imidazole rings is 1. The number of carboxylic acids is 1. The van der Waals surface area contributed by atoms with Crippen molar-refractivity contribution in [3.63, 3.8) is 0 Å². The Balaban J connectivity index is 1.19. The Hall–Kier alpha value is -2.81. The van der Waals surface area contributed by atoms with Crippen LogP contribution in [-0.4, -0.2) is 143 Å². The first-order chi connectivity index (χ1) is 32.2. The van der Waals surface area contributed by atoms with Gasteiger partial charge in [0.15, 0.2) is 6.29 Å². The first-order valence-electron chi connectivity index (χ1n) is 25.4. The number of nitrogens with one attached hydrogen (secondary N) is 2. The van der Waals surface area contributed by atoms with E-state index in [9.17, 15) is 55.5 Å². The van der Waals surface area contributed by atoms with Crippen molar-refractivity contribution in [2.24, 2.45) is 79.1 Å². The second kappa shape index (κ2) is 16.6. The van der Waals surface area contributed by atoms with Crippen molar-refractivity contribution < 1.29 is 65.0 Å². The van der Waals surface area contributed by atoms with Crippen LogP contribution in [0.25, 0.3) is 0 Å². The van der Waals surface area contributed by atoms with Gasteiger partial charge in [0, 0.05) is 53.1 Å². The molecule has 13 N–H and O–H groups in total. The fourth-order valence-corrected chi connectivity index (χ4v) is 18.6. The van der Waals surface area contributed by atoms with Crippen LogP contribution in [0.15, 0.2) is 35.8 Å². The number of aliphatic carboxylic acids is 1. The van der Waals surface area contributed by atoms with Crippen LogP contribution in [-0.2, 0) is 19.1 Å². The van der Waals surface area contributed by atoms with Gasteiger partial charge in [-0.25, -0.2) is 4.98 Å². The van der Waals surface area contributed by atoms with Gasteiger partial charge in [-0.15, -0.1) is 0 Å². The molecule has 22 unspecified atom stereocenters. The molecule has 0 aromatic carbocycles. The van der Waals surface area contributed by atoms with Crippen molar-refractivity contribution in [1.82, 2.24) is 15.3 Å². The highest BCUT2D eigenvalue weighted by Crippen LogP contribution is 2.87. The zero-order valence-electron chi connectivity index (χ0n) is 40.0. The van der Waals surface area contributed by atoms with Gasteiger partial charge in [0.1, 0.15) is 24.5 Å². The third-order valence-corrected chi connectivity index (χ3v) is 21.8. The van der Waals surface area contributed by atoms with Gasteiger partial charge in [-0.05, 0) is 116 Å². The average molecular weight is 953 g/mol. The van der Waals surface area contributed by atoms with Crippen molar-refractivity contribution >= 4 is 11.9 Å². The molecule has 2 bridgehead atoms. The Morgan fingerprint density at radius 3 is 2.40 bits per heavy atom. The summed E-state index contributed by atoms with van der Waals surface area (Å²) < 4.78 is 12.6. The number of hydrogen-bond acceptors (Lipinski definition) is 14. The van der Waals surface area contributed by atoms with Crippen LogP contribution in [0.1, 0.15) is 116 Å². The lowest BCUT2D eigenvalue weighted by atomic mass is 9.22. The first-order valence-corrected chi connectivity index (χ1v) is 25.4. The van der Waals surface area contributed by atoms with Crippen LogP contribution in [0, 0.1) is 73.4 Å². The topological polar surface area (TPSA) is 301 Å². The van der Waals surface area contributed by atoms with Gasteiger partial charge in [-0.2, -0.15) is 0 Å². The number of aliphatic hydroxyl groups is 8. The quantitative estimate of drug-likeness (QED) is 0.0809. The number of hydrogen-bond donors (Lipinski definition) is 12. The van der Waals surface area contributed by atoms with Gasteiger partial charge in [0.25, 0.3) is 0 Å². The molecule has 10 rings (SSSR count). The Labute approximate surface area is 398 Å². The van der Waals surface area contributed by atoms with Crippen LogP contribution >= 0.6 is 0 Å². The molecule has 2 aliphatic heterocycles. The Morgan fingerprint density at radius 1 is 0.985 bits per heavy atom. The van der Waals surface area contributed by atoms with Gasteiger partial charge in [0.05, 0.1) is 49.7 Å². The van der Waals surface area contributed by atoms with Crippen molar-refractivity contribution in [1.29, 1.82) is 0 Å². The van der Waals surface area contributed by atoms with Crippen LogP contribution in [0.3, 0.4) is 0 Å². The lowest BCUT2D eigenvalue weighted by Crippen LogP contribution is -2.79. The van der Waals surface area contributed by atoms with Crippen LogP contribution in [0.2, 0.25) is 0 Å². The highest BCUT2D eigenvalue weighted by Gasteiger charge is 2.83. The molecule has 2 saturated heterocycles. The van der Waals surface area contributed by atoms with Gasteiger partial charge < -0.3 is 71.5 Å². The Bertz CT molecular complexity index is 2190. The number of aromatic amines is 1. The summed E-state index contributed by atoms with van der Waals surface area (Å²) >= 11 is 0. The predicted octanol–water partition coefficient (Wildman–Crippen LogP) is 1.83. The van der Waals surface area contributed by atoms with Crippen molar-refractivity contribution in [2.45, 2.75) is 160 Å². The number of amides is 1. The summed E-state index contributed by atoms with van der Waals surface area (Å²) in [5.74, 6) is -4.95. The summed E-state index contributed by atoms with van der Waals surface area (Å²) in [4.78, 5) is 35.5. The second-order valence-corrected chi connectivity index (χ2v) is 24.2. The number of carbonyl (C=O) groups is 2. The van der Waals surface area contributed by atoms with Crippen LogP contribution < -0.4 is 11.1 Å². The lowest BCUT2D eigenvalue weighted by Gasteiger charge is -2.82. The monoisotopic (exact) mass is 953 g/mol. The summed E-state index contributed by atoms with van der Waals surface area (Å²) in [5, 5.41) is 105. The maximum atomic E-state index is 14.4. The largest absolute Gasteiger partial charge is 0.481 e. The van der Waals surface area contributed by atoms with Gasteiger partial charge in [-0.3, -0.25) is 9.59 Å². The SMILES string of the molecule is CC1(CO)CCC2(C(=O)O)CCC34CCC5=CC(C6C(CO)C(=O)NC6C(CCC(N)O)c6cnc[nH]6)C6C(O)C(OC7OCC(O)C(O)C7O)C(C)(CO)C7CCC3(C)C5(CC=C4C2C1)C67C. The van der Waals surface area contributed by atoms with E-state index in [-0.39, 0.29) is 37.4 Å². The van der Waals surface area contributed by atoms with Gasteiger partial charge in [-0.1, -0.05) is 51.0 Å². The normalized spacial score (nSPS) is 51.2. The smallest absolute Gasteiger partial charge is 0.310 e. The van der Waals surface area contributed by atoms with Crippen LogP contribution in [0.4, 0.5) is 0 Å². The highest BCUT2D eigenvalue weighted by atomic mass is 16.7. The number of ether oxygens (including phenoxy) is 2. The zero-order valence-corrected chi connectivity index (χ0v) is 40.0. The molecule has 0 radical (unpaired) electrons. The van der Waals surface area contributed by atoms with E-state index in [1.165, 1.54) is 11.1 Å². The van der Waals surface area contributed by atoms with Crippen molar-refractivity contribution in [2.75, 3.05) is 26.4 Å². The molecule has 5 saturated carbocycles. The summed E-state index contributed by atoms with van der Waals surface area (Å²) in [6.07, 6.45) is 4.96. The molecule has 17 nitrogen and oxygen atoms in total. The van der Waals surface area contributed by atoms with Crippen molar-refractivity contribution in [3.8, 4) is 0 Å². The van der Waals surface area contributed by atoms with E-state index in [4.69, 9.17) is 15.2 Å². The summed E-state index contributed by atoms with van der Waals surface area (Å²) in [5.41, 5.74) is 4.19. The minimum atomic E-state index is -1.67. The number of fused-ring (bicyclic) bond motifs is 2. The lowest BCUT2D eigenvalue weighted by molar-refractivity contribution is -0.358. The number of aromatic nitrogens is 2. The van der Waals surface area contributed by atoms with Crippen LogP contribution in [0.5, 0.6) is 0 Å². The average Bonchev–Trinajstić information content (AvgIpc) is 3.95. The van der Waals surface area contributed by atoms with Gasteiger partial charge in [0.2, 0.25) is 5.91 Å². The molecule has 17 heteroatoms. The Kier molecular flexibility index (Phi) is 11.9. The molecule has 22 atom stereocenters. The number of H-pyrrole nitrogens is 1. The summed E-state index contributed by atoms with van der Waals surface area (Å²) in [6, 6.07) is -0.618. The fraction of sp³-hybridized carbons (Fsp3) is 0.824. The number of nitrogens with zero attached hydrogens (tertiary/aromatic N) is 1. The standard InChI is InChI=1S/C51H76N4O13/c1-45(22-57)13-14-49(44(65)66)15-16-50-11-7-25-17-27(35-28(20-56)42(64)55-37(35)26(5-6-34(52)60)31-19-53-24-54-31)36-39(62)41(68-43-40(63)38(61)32(59)21-67-43)46(2,23-58)33-9-10-47(50,3)51(25,48(33,36)4)12-8-29(50)30(49)18-45/h8,17,19,24,26-28,30,32-41,43,56-63H,5-7,9-16,18,20-23,52H2,1-4H3,(H,53,54)(H,55,64)(H,65,66). The van der Waals surface area contributed by atoms with E-state index in [1.807, 2.05) is 6.92 Å². The maximum absolute atomic E-state index is 14.4. The zero-order chi connectivity index (χ0) is 48.7. The van der Waals surface area contributed by atoms with E-state index >= 15 is 0 Å². The predicted molar refractivity (Wildman–Crippen MR) is 243 cm³/mol. The van der Waals surface area contributed by atoms with E-state index < -0.39 is 136 Å². The molecule has 1 aromatic rings. The molecular formula is C51H76N4O13. The molecule has 3 heterocycles. The molecule has 1 aromatic heterocycles. The molecule has 2 spiro atoms. The number of carboxylic acid groups (broad SMARTS) is 1. The minimum Gasteiger partial charge on any atom is -0.481 e. The number of carbonyl (C=O) groups excluding carboxylic acids is 1. The first kappa shape index (κ1) is 48.8. The number of aliphatic hydroxyl groups excluding tert-OH is 8. The fourth-order valence-electron chi connectivity index (χ4n) is 18.6. The number of nitrogens with two attached hydrogens (primary N) is 1. The molecule has 7 aliphatic carbocycles. The number of rotatable bonds is 12. The van der Waals surface area contributed by atoms with E-state index in [2.05, 4.69) is 48.2 Å². The third kappa shape index (κ3) is 6.22. The van der Waals surface area contributed by atoms with E-state index in [0.29, 0.717) is 57.8 Å². The van der Waals surface area contributed by atoms with Gasteiger partial charge >= 0.3 is 5.97 Å².